The Labute approximate surface area is 167 Å². The average Bonchev–Trinajstić information content (AvgIpc) is 2.78. The van der Waals surface area contributed by atoms with Crippen LogP contribution in [0.1, 0.15) is 10.4 Å². The molecule has 4 rings (SSSR count). The van der Waals surface area contributed by atoms with Crippen LogP contribution in [0.4, 0.5) is 5.95 Å². The lowest BCUT2D eigenvalue weighted by Gasteiger charge is -2.16. The molecule has 2 aromatic heterocycles. The summed E-state index contributed by atoms with van der Waals surface area (Å²) in [6, 6.07) is 12.5. The number of benzene rings is 2. The van der Waals surface area contributed by atoms with Crippen LogP contribution in [-0.4, -0.2) is 40.2 Å². The number of hydrogen-bond acceptors (Lipinski definition) is 6. The molecule has 4 aromatic rings. The third-order valence-corrected chi connectivity index (χ3v) is 4.67. The highest BCUT2D eigenvalue weighted by Crippen LogP contribution is 2.41. The second-order valence-corrected chi connectivity index (χ2v) is 6.34. The van der Waals surface area contributed by atoms with Crippen LogP contribution in [0.25, 0.3) is 33.2 Å². The quantitative estimate of drug-likeness (QED) is 0.533. The minimum absolute atomic E-state index is 0.223. The molecule has 0 saturated heterocycles. The normalized spacial score (nSPS) is 10.7. The first kappa shape index (κ1) is 18.4. The largest absolute Gasteiger partial charge is 0.494 e. The summed E-state index contributed by atoms with van der Waals surface area (Å²) in [6.45, 7) is 0. The van der Waals surface area contributed by atoms with E-state index in [4.69, 9.17) is 4.74 Å². The van der Waals surface area contributed by atoms with Crippen molar-refractivity contribution >= 4 is 22.8 Å². The maximum atomic E-state index is 11.2. The van der Waals surface area contributed by atoms with Crippen molar-refractivity contribution in [3.05, 3.63) is 66.6 Å². The van der Waals surface area contributed by atoms with E-state index in [-0.39, 0.29) is 5.56 Å². The molecule has 0 atom stereocenters. The average molecular weight is 386 g/mol. The van der Waals surface area contributed by atoms with Crippen molar-refractivity contribution in [3.8, 4) is 28.0 Å². The fourth-order valence-electron chi connectivity index (χ4n) is 3.26. The molecule has 2 N–H and O–H groups in total. The standard InChI is InChI=1S/C22H18N4O3/c1-23-22-25-12-18-16(15-4-3-9-24-11-15)10-17(20(29-2)19(18)26-22)13-5-7-14(8-6-13)21(27)28/h3-12H,1-2H3,(H,27,28)(H,23,25,26). The van der Waals surface area contributed by atoms with Crippen molar-refractivity contribution in [1.82, 2.24) is 15.0 Å². The summed E-state index contributed by atoms with van der Waals surface area (Å²) < 4.78 is 5.73. The minimum atomic E-state index is -0.968. The van der Waals surface area contributed by atoms with Gasteiger partial charge in [-0.3, -0.25) is 4.98 Å². The molecule has 7 heteroatoms. The van der Waals surface area contributed by atoms with Crippen LogP contribution >= 0.6 is 0 Å². The van der Waals surface area contributed by atoms with Gasteiger partial charge in [-0.15, -0.1) is 0 Å². The molecule has 0 bridgehead atoms. The molecular formula is C22H18N4O3. The van der Waals surface area contributed by atoms with Gasteiger partial charge in [-0.2, -0.15) is 0 Å². The Kier molecular flexibility index (Phi) is 4.78. The van der Waals surface area contributed by atoms with Crippen LogP contribution < -0.4 is 10.1 Å². The van der Waals surface area contributed by atoms with Gasteiger partial charge < -0.3 is 15.2 Å². The van der Waals surface area contributed by atoms with Gasteiger partial charge in [0.2, 0.25) is 5.95 Å². The highest BCUT2D eigenvalue weighted by molar-refractivity contribution is 6.03. The molecule has 0 saturated carbocycles. The number of carbonyl (C=O) groups is 1. The first-order chi connectivity index (χ1) is 14.1. The predicted molar refractivity (Wildman–Crippen MR) is 111 cm³/mol. The highest BCUT2D eigenvalue weighted by Gasteiger charge is 2.18. The van der Waals surface area contributed by atoms with Gasteiger partial charge in [0.15, 0.2) is 5.75 Å². The topological polar surface area (TPSA) is 97.2 Å². The Hall–Kier alpha value is -4.00. The third kappa shape index (κ3) is 3.34. The number of hydrogen-bond donors (Lipinski definition) is 2. The monoisotopic (exact) mass is 386 g/mol. The Morgan fingerprint density at radius 1 is 1.07 bits per heavy atom. The summed E-state index contributed by atoms with van der Waals surface area (Å²) in [5, 5.41) is 13.0. The van der Waals surface area contributed by atoms with Crippen molar-refractivity contribution < 1.29 is 14.6 Å². The molecule has 29 heavy (non-hydrogen) atoms. The van der Waals surface area contributed by atoms with Gasteiger partial charge >= 0.3 is 5.97 Å². The second kappa shape index (κ2) is 7.55. The van der Waals surface area contributed by atoms with Gasteiger partial charge in [-0.1, -0.05) is 18.2 Å². The van der Waals surface area contributed by atoms with Gasteiger partial charge in [0.25, 0.3) is 0 Å². The number of rotatable bonds is 5. The predicted octanol–water partition coefficient (Wildman–Crippen LogP) is 4.11. The van der Waals surface area contributed by atoms with E-state index in [0.29, 0.717) is 17.2 Å². The van der Waals surface area contributed by atoms with Gasteiger partial charge in [0, 0.05) is 42.2 Å². The van der Waals surface area contributed by atoms with Gasteiger partial charge in [0.1, 0.15) is 5.52 Å². The second-order valence-electron chi connectivity index (χ2n) is 6.34. The van der Waals surface area contributed by atoms with Crippen LogP contribution in [-0.2, 0) is 0 Å². The summed E-state index contributed by atoms with van der Waals surface area (Å²) >= 11 is 0. The molecule has 0 aliphatic heterocycles. The van der Waals surface area contributed by atoms with Crippen LogP contribution in [0, 0.1) is 0 Å². The molecule has 2 aromatic carbocycles. The molecular weight excluding hydrogens is 368 g/mol. The first-order valence-electron chi connectivity index (χ1n) is 8.92. The Bertz CT molecular complexity index is 1190. The number of anilines is 1. The first-order valence-corrected chi connectivity index (χ1v) is 8.92. The molecule has 0 amide bonds. The Morgan fingerprint density at radius 3 is 2.48 bits per heavy atom. The number of methoxy groups -OCH3 is 1. The molecule has 0 radical (unpaired) electrons. The maximum absolute atomic E-state index is 11.2. The van der Waals surface area contributed by atoms with E-state index in [9.17, 15) is 9.90 Å². The smallest absolute Gasteiger partial charge is 0.335 e. The number of aromatic carboxylic acids is 1. The van der Waals surface area contributed by atoms with Gasteiger partial charge in [0.05, 0.1) is 12.7 Å². The number of nitrogens with one attached hydrogen (secondary N) is 1. The molecule has 0 aliphatic carbocycles. The Balaban J connectivity index is 2.04. The number of nitrogens with zero attached hydrogens (tertiary/aromatic N) is 3. The number of pyridine rings is 1. The van der Waals surface area contributed by atoms with E-state index in [0.717, 1.165) is 27.6 Å². The summed E-state index contributed by atoms with van der Waals surface area (Å²) in [5.41, 5.74) is 4.34. The van der Waals surface area contributed by atoms with Crippen molar-refractivity contribution in [2.24, 2.45) is 0 Å². The lowest BCUT2D eigenvalue weighted by Crippen LogP contribution is -2.00. The molecule has 0 fully saturated rings. The van der Waals surface area contributed by atoms with E-state index < -0.39 is 5.97 Å². The molecule has 0 unspecified atom stereocenters. The van der Waals surface area contributed by atoms with Gasteiger partial charge in [-0.25, -0.2) is 14.8 Å². The van der Waals surface area contributed by atoms with E-state index in [1.54, 1.807) is 57.0 Å². The third-order valence-electron chi connectivity index (χ3n) is 4.67. The SMILES string of the molecule is CNc1ncc2c(-c3cccnc3)cc(-c3ccc(C(=O)O)cc3)c(OC)c2n1. The van der Waals surface area contributed by atoms with Crippen LogP contribution in [0.5, 0.6) is 5.75 Å². The summed E-state index contributed by atoms with van der Waals surface area (Å²) in [7, 11) is 3.35. The molecule has 144 valence electrons. The fraction of sp³-hybridized carbons (Fsp3) is 0.0909. The van der Waals surface area contributed by atoms with Crippen LogP contribution in [0.2, 0.25) is 0 Å². The fourth-order valence-corrected chi connectivity index (χ4v) is 3.26. The molecule has 2 heterocycles. The molecule has 0 aliphatic rings. The number of fused-ring (bicyclic) bond motifs is 1. The summed E-state index contributed by atoms with van der Waals surface area (Å²) in [4.78, 5) is 24.4. The van der Waals surface area contributed by atoms with E-state index in [1.165, 1.54) is 0 Å². The zero-order chi connectivity index (χ0) is 20.4. The van der Waals surface area contributed by atoms with Crippen LogP contribution in [0.15, 0.2) is 61.1 Å². The van der Waals surface area contributed by atoms with Crippen molar-refractivity contribution in [3.63, 3.8) is 0 Å². The highest BCUT2D eigenvalue weighted by atomic mass is 16.5. The molecule has 7 nitrogen and oxygen atoms in total. The van der Waals surface area contributed by atoms with E-state index >= 15 is 0 Å². The van der Waals surface area contributed by atoms with Crippen molar-refractivity contribution in [1.29, 1.82) is 0 Å². The number of aromatic nitrogens is 3. The van der Waals surface area contributed by atoms with Gasteiger partial charge in [-0.05, 0) is 35.4 Å². The minimum Gasteiger partial charge on any atom is -0.494 e. The lowest BCUT2D eigenvalue weighted by molar-refractivity contribution is 0.0697. The van der Waals surface area contributed by atoms with E-state index in [2.05, 4.69) is 20.3 Å². The lowest BCUT2D eigenvalue weighted by atomic mass is 9.94. The summed E-state index contributed by atoms with van der Waals surface area (Å²) in [5.74, 6) is 0.102. The van der Waals surface area contributed by atoms with Crippen molar-refractivity contribution in [2.45, 2.75) is 0 Å². The molecule has 0 spiro atoms. The Morgan fingerprint density at radius 2 is 1.86 bits per heavy atom. The number of carboxylic acids is 1. The zero-order valence-corrected chi connectivity index (χ0v) is 15.9. The maximum Gasteiger partial charge on any atom is 0.335 e. The summed E-state index contributed by atoms with van der Waals surface area (Å²) in [6.07, 6.45) is 5.26. The zero-order valence-electron chi connectivity index (χ0n) is 15.9. The van der Waals surface area contributed by atoms with E-state index in [1.807, 2.05) is 18.2 Å². The van der Waals surface area contributed by atoms with Crippen LogP contribution in [0.3, 0.4) is 0 Å². The number of carboxylic acid groups (broad SMARTS) is 1. The number of ether oxygens (including phenoxy) is 1. The van der Waals surface area contributed by atoms with Crippen molar-refractivity contribution in [2.75, 3.05) is 19.5 Å².